The Labute approximate surface area is 114 Å². The molecule has 0 radical (unpaired) electrons. The molecule has 1 nitrogen and oxygen atoms in total. The maximum absolute atomic E-state index is 11.5. The molecule has 2 aliphatic rings. The summed E-state index contributed by atoms with van der Waals surface area (Å²) in [6.45, 7) is 11.8. The first-order chi connectivity index (χ1) is 8.33. The molecule has 2 rings (SSSR count). The van der Waals surface area contributed by atoms with Gasteiger partial charge in [0.1, 0.15) is 0 Å². The van der Waals surface area contributed by atoms with E-state index in [1.807, 2.05) is 0 Å². The van der Waals surface area contributed by atoms with Crippen LogP contribution in [0.4, 0.5) is 0 Å². The van der Waals surface area contributed by atoms with Crippen LogP contribution >= 0.6 is 7.92 Å². The molecule has 0 amide bonds. The molecule has 0 saturated heterocycles. The lowest BCUT2D eigenvalue weighted by molar-refractivity contribution is -0.0214. The lowest BCUT2D eigenvalue weighted by Crippen LogP contribution is -2.46. The first-order valence-electron chi connectivity index (χ1n) is 7.81. The van der Waals surface area contributed by atoms with Crippen LogP contribution in [0.1, 0.15) is 66.7 Å². The summed E-state index contributed by atoms with van der Waals surface area (Å²) in [5.41, 5.74) is 0.504. The fraction of sp³-hybridized carbons (Fsp3) is 1.00. The molecule has 2 heteroatoms. The summed E-state index contributed by atoms with van der Waals surface area (Å²) in [6.07, 6.45) is 8.66. The van der Waals surface area contributed by atoms with Crippen molar-refractivity contribution in [3.05, 3.63) is 0 Å². The van der Waals surface area contributed by atoms with Gasteiger partial charge < -0.3 is 5.11 Å². The highest BCUT2D eigenvalue weighted by Gasteiger charge is 2.69. The van der Waals surface area contributed by atoms with Crippen molar-refractivity contribution in [3.8, 4) is 0 Å². The molecule has 2 bridgehead atoms. The molecule has 3 atom stereocenters. The SMILES string of the molecule is CCCP(CCC)C1(O)CC2CCC1(C)C2(C)C. The second-order valence-corrected chi connectivity index (χ2v) is 10.0. The number of hydrogen-bond acceptors (Lipinski definition) is 1. The molecule has 3 unspecified atom stereocenters. The Morgan fingerprint density at radius 2 is 1.67 bits per heavy atom. The highest BCUT2D eigenvalue weighted by Crippen LogP contribution is 2.77. The lowest BCUT2D eigenvalue weighted by atomic mass is 9.69. The number of fused-ring (bicyclic) bond motifs is 2. The minimum Gasteiger partial charge on any atom is -0.385 e. The third-order valence-corrected chi connectivity index (χ3v) is 10.1. The molecule has 2 saturated carbocycles. The Morgan fingerprint density at radius 1 is 1.11 bits per heavy atom. The molecule has 0 heterocycles. The Morgan fingerprint density at radius 3 is 2.00 bits per heavy atom. The van der Waals surface area contributed by atoms with Crippen LogP contribution in [0.3, 0.4) is 0 Å². The second-order valence-electron chi connectivity index (χ2n) is 7.30. The number of hydrogen-bond donors (Lipinski definition) is 1. The van der Waals surface area contributed by atoms with Gasteiger partial charge in [0, 0.05) is 5.41 Å². The highest BCUT2D eigenvalue weighted by atomic mass is 31.1. The normalized spacial score (nSPS) is 41.8. The molecule has 0 aliphatic heterocycles. The van der Waals surface area contributed by atoms with Crippen LogP contribution < -0.4 is 0 Å². The lowest BCUT2D eigenvalue weighted by Gasteiger charge is -2.50. The van der Waals surface area contributed by atoms with E-state index in [1.54, 1.807) is 0 Å². The van der Waals surface area contributed by atoms with Crippen LogP contribution in [0.25, 0.3) is 0 Å². The molecule has 0 aromatic rings. The van der Waals surface area contributed by atoms with Gasteiger partial charge >= 0.3 is 0 Å². The van der Waals surface area contributed by atoms with Gasteiger partial charge in [0.2, 0.25) is 0 Å². The zero-order valence-electron chi connectivity index (χ0n) is 12.9. The van der Waals surface area contributed by atoms with Gasteiger partial charge in [0.05, 0.1) is 5.34 Å². The van der Waals surface area contributed by atoms with Gasteiger partial charge in [-0.15, -0.1) is 0 Å². The zero-order valence-corrected chi connectivity index (χ0v) is 13.8. The summed E-state index contributed by atoms with van der Waals surface area (Å²) < 4.78 is 0. The molecule has 2 fully saturated rings. The quantitative estimate of drug-likeness (QED) is 0.710. The maximum atomic E-state index is 11.5. The standard InChI is InChI=1S/C16H31OP/c1-6-10-18(11-7-2)16(17)12-13-8-9-15(16,5)14(13,3)4/h13,17H,6-12H2,1-5H3. The molecule has 1 N–H and O–H groups in total. The van der Waals surface area contributed by atoms with Crippen LogP contribution in [0.15, 0.2) is 0 Å². The third kappa shape index (κ3) is 1.73. The van der Waals surface area contributed by atoms with Crippen molar-refractivity contribution in [2.75, 3.05) is 12.3 Å². The molecule has 2 aliphatic carbocycles. The van der Waals surface area contributed by atoms with Gasteiger partial charge in [-0.1, -0.05) is 55.4 Å². The van der Waals surface area contributed by atoms with E-state index >= 15 is 0 Å². The molecule has 0 aromatic carbocycles. The third-order valence-electron chi connectivity index (χ3n) is 6.36. The molecule has 0 aromatic heterocycles. The predicted molar refractivity (Wildman–Crippen MR) is 81.4 cm³/mol. The average molecular weight is 270 g/mol. The summed E-state index contributed by atoms with van der Waals surface area (Å²) in [7, 11) is -0.210. The largest absolute Gasteiger partial charge is 0.385 e. The zero-order chi connectivity index (χ0) is 13.6. The molecule has 106 valence electrons. The van der Waals surface area contributed by atoms with Crippen LogP contribution in [0.2, 0.25) is 0 Å². The Bertz CT molecular complexity index is 308. The minimum atomic E-state index is -0.333. The van der Waals surface area contributed by atoms with Crippen LogP contribution in [-0.2, 0) is 0 Å². The summed E-state index contributed by atoms with van der Waals surface area (Å²) >= 11 is 0. The molecule has 18 heavy (non-hydrogen) atoms. The van der Waals surface area contributed by atoms with Crippen molar-refractivity contribution >= 4 is 7.92 Å². The topological polar surface area (TPSA) is 20.2 Å². The van der Waals surface area contributed by atoms with E-state index in [0.717, 1.165) is 12.3 Å². The van der Waals surface area contributed by atoms with Gasteiger partial charge in [-0.2, -0.15) is 0 Å². The summed E-state index contributed by atoms with van der Waals surface area (Å²) in [6, 6.07) is 0. The Kier molecular flexibility index (Phi) is 3.90. The van der Waals surface area contributed by atoms with E-state index in [2.05, 4.69) is 34.6 Å². The average Bonchev–Trinajstić information content (AvgIpc) is 2.61. The fourth-order valence-corrected chi connectivity index (χ4v) is 8.36. The Hall–Kier alpha value is 0.390. The van der Waals surface area contributed by atoms with Gasteiger partial charge in [-0.3, -0.25) is 0 Å². The van der Waals surface area contributed by atoms with Crippen molar-refractivity contribution in [2.24, 2.45) is 16.7 Å². The van der Waals surface area contributed by atoms with Crippen LogP contribution in [0, 0.1) is 16.7 Å². The van der Waals surface area contributed by atoms with Crippen molar-refractivity contribution in [1.29, 1.82) is 0 Å². The smallest absolute Gasteiger partial charge is 0.0895 e. The summed E-state index contributed by atoms with van der Waals surface area (Å²) in [4.78, 5) is 0. The number of rotatable bonds is 5. The monoisotopic (exact) mass is 270 g/mol. The predicted octanol–water partition coefficient (Wildman–Crippen LogP) is 4.82. The Balaban J connectivity index is 2.31. The van der Waals surface area contributed by atoms with Gasteiger partial charge in [-0.25, -0.2) is 0 Å². The van der Waals surface area contributed by atoms with E-state index in [1.165, 1.54) is 38.0 Å². The van der Waals surface area contributed by atoms with E-state index in [4.69, 9.17) is 0 Å². The van der Waals surface area contributed by atoms with Crippen molar-refractivity contribution in [2.45, 2.75) is 72.1 Å². The second kappa shape index (κ2) is 4.74. The van der Waals surface area contributed by atoms with Gasteiger partial charge in [-0.05, 0) is 42.9 Å². The van der Waals surface area contributed by atoms with Gasteiger partial charge in [0.25, 0.3) is 0 Å². The van der Waals surface area contributed by atoms with E-state index in [0.29, 0.717) is 5.41 Å². The fourth-order valence-electron chi connectivity index (χ4n) is 4.74. The minimum absolute atomic E-state index is 0.167. The van der Waals surface area contributed by atoms with Crippen molar-refractivity contribution in [3.63, 3.8) is 0 Å². The summed E-state index contributed by atoms with van der Waals surface area (Å²) in [5.74, 6) is 0.756. The van der Waals surface area contributed by atoms with Gasteiger partial charge in [0.15, 0.2) is 0 Å². The molecular formula is C16H31OP. The van der Waals surface area contributed by atoms with E-state index in [9.17, 15) is 5.11 Å². The van der Waals surface area contributed by atoms with Crippen molar-refractivity contribution in [1.82, 2.24) is 0 Å². The molecule has 0 spiro atoms. The van der Waals surface area contributed by atoms with Crippen LogP contribution in [-0.4, -0.2) is 22.8 Å². The summed E-state index contributed by atoms with van der Waals surface area (Å²) in [5, 5.41) is 11.2. The number of aliphatic hydroxyl groups is 1. The van der Waals surface area contributed by atoms with E-state index in [-0.39, 0.29) is 18.7 Å². The molecular weight excluding hydrogens is 239 g/mol. The maximum Gasteiger partial charge on any atom is 0.0895 e. The first kappa shape index (κ1) is 14.8. The first-order valence-corrected chi connectivity index (χ1v) is 9.52. The van der Waals surface area contributed by atoms with Crippen molar-refractivity contribution < 1.29 is 5.11 Å². The van der Waals surface area contributed by atoms with E-state index < -0.39 is 0 Å². The highest BCUT2D eigenvalue weighted by molar-refractivity contribution is 7.59. The van der Waals surface area contributed by atoms with Crippen LogP contribution in [0.5, 0.6) is 0 Å².